The van der Waals surface area contributed by atoms with Gasteiger partial charge in [-0.1, -0.05) is 12.5 Å². The largest absolute Gasteiger partial charge is 0.295 e. The lowest BCUT2D eigenvalue weighted by Gasteiger charge is -2.54. The molecule has 5 aliphatic carbocycles. The SMILES string of the molecule is CC[C@]12CC[C@H]3[C@@H]([C@@H]4C[C@@H]4C4=CC(=O)CC[C@@H]43)[C@@H]1CC[C@@H]2C#N. The van der Waals surface area contributed by atoms with E-state index in [2.05, 4.69) is 13.0 Å². The molecule has 0 amide bonds. The first-order chi connectivity index (χ1) is 11.2. The van der Waals surface area contributed by atoms with Crippen LogP contribution in [0.5, 0.6) is 0 Å². The highest BCUT2D eigenvalue weighted by molar-refractivity contribution is 5.91. The molecule has 2 heteroatoms. The second-order valence-electron chi connectivity index (χ2n) is 8.99. The van der Waals surface area contributed by atoms with E-state index < -0.39 is 0 Å². The van der Waals surface area contributed by atoms with Gasteiger partial charge in [-0.2, -0.15) is 5.26 Å². The van der Waals surface area contributed by atoms with E-state index in [0.29, 0.717) is 23.0 Å². The summed E-state index contributed by atoms with van der Waals surface area (Å²) in [6.07, 6.45) is 11.5. The van der Waals surface area contributed by atoms with Crippen molar-refractivity contribution < 1.29 is 4.79 Å². The summed E-state index contributed by atoms with van der Waals surface area (Å²) in [5, 5.41) is 9.69. The van der Waals surface area contributed by atoms with Crippen molar-refractivity contribution in [2.24, 2.45) is 46.8 Å². The Morgan fingerprint density at radius 2 is 2.09 bits per heavy atom. The van der Waals surface area contributed by atoms with Gasteiger partial charge in [-0.05, 0) is 91.9 Å². The molecule has 0 saturated heterocycles. The molecule has 0 unspecified atom stereocenters. The predicted octanol–water partition coefficient (Wildman–Crippen LogP) is 4.51. The third-order valence-corrected chi connectivity index (χ3v) is 8.65. The van der Waals surface area contributed by atoms with Crippen molar-refractivity contribution >= 4 is 5.78 Å². The first kappa shape index (κ1) is 14.3. The number of nitrogens with zero attached hydrogens (tertiary/aromatic N) is 1. The zero-order valence-corrected chi connectivity index (χ0v) is 14.1. The Bertz CT molecular complexity index is 628. The smallest absolute Gasteiger partial charge is 0.155 e. The van der Waals surface area contributed by atoms with E-state index in [1.54, 1.807) is 5.57 Å². The lowest BCUT2D eigenvalue weighted by atomic mass is 9.50. The van der Waals surface area contributed by atoms with Crippen molar-refractivity contribution in [2.75, 3.05) is 0 Å². The summed E-state index contributed by atoms with van der Waals surface area (Å²) in [6, 6.07) is 2.68. The molecule has 2 nitrogen and oxygen atoms in total. The zero-order chi connectivity index (χ0) is 15.8. The molecule has 0 radical (unpaired) electrons. The van der Waals surface area contributed by atoms with Gasteiger partial charge in [-0.15, -0.1) is 0 Å². The van der Waals surface area contributed by atoms with Crippen molar-refractivity contribution in [1.29, 1.82) is 5.26 Å². The van der Waals surface area contributed by atoms with Gasteiger partial charge < -0.3 is 0 Å². The van der Waals surface area contributed by atoms with Gasteiger partial charge in [0, 0.05) is 6.42 Å². The molecule has 5 rings (SSSR count). The number of ketones is 1. The highest BCUT2D eigenvalue weighted by Gasteiger charge is 2.65. The molecule has 0 aromatic carbocycles. The van der Waals surface area contributed by atoms with E-state index in [1.165, 1.54) is 32.1 Å². The molecule has 0 N–H and O–H groups in total. The van der Waals surface area contributed by atoms with Crippen molar-refractivity contribution in [1.82, 2.24) is 0 Å². The van der Waals surface area contributed by atoms with Crippen LogP contribution < -0.4 is 0 Å². The third-order valence-electron chi connectivity index (χ3n) is 8.65. The predicted molar refractivity (Wildman–Crippen MR) is 88.2 cm³/mol. The molecule has 8 atom stereocenters. The number of rotatable bonds is 1. The van der Waals surface area contributed by atoms with Gasteiger partial charge in [0.1, 0.15) is 0 Å². The summed E-state index contributed by atoms with van der Waals surface area (Å²) in [6.45, 7) is 2.33. The van der Waals surface area contributed by atoms with Crippen LogP contribution in [-0.2, 0) is 4.79 Å². The molecular weight excluding hydrogens is 282 g/mol. The Labute approximate surface area is 139 Å². The number of hydrogen-bond acceptors (Lipinski definition) is 2. The number of nitriles is 1. The fraction of sp³-hybridized carbons (Fsp3) is 0.810. The number of carbonyl (C=O) groups excluding carboxylic acids is 1. The minimum atomic E-state index is 0.306. The first-order valence-electron chi connectivity index (χ1n) is 9.83. The fourth-order valence-corrected chi connectivity index (χ4v) is 7.70. The summed E-state index contributed by atoms with van der Waals surface area (Å²) >= 11 is 0. The normalized spacial score (nSPS) is 53.3. The standard InChI is InChI=1S/C21H27NO/c1-2-21-8-7-15-14-5-4-13(23)9-16(14)17-10-18(17)20(15)19(21)6-3-12(21)11-22/h9,12,14-15,17-20H,2-8,10H2,1H3/t12-,14-,15-,17-,18-,19+,20+,21-/m1/s1. The van der Waals surface area contributed by atoms with Crippen molar-refractivity contribution in [3.63, 3.8) is 0 Å². The van der Waals surface area contributed by atoms with E-state index in [1.807, 2.05) is 6.08 Å². The maximum Gasteiger partial charge on any atom is 0.155 e. The van der Waals surface area contributed by atoms with Crippen molar-refractivity contribution in [2.45, 2.75) is 58.3 Å². The van der Waals surface area contributed by atoms with Crippen LogP contribution >= 0.6 is 0 Å². The Balaban J connectivity index is 1.53. The van der Waals surface area contributed by atoms with Crippen LogP contribution in [-0.4, -0.2) is 5.78 Å². The lowest BCUT2D eigenvalue weighted by Crippen LogP contribution is -2.48. The summed E-state index contributed by atoms with van der Waals surface area (Å²) in [4.78, 5) is 11.9. The average molecular weight is 309 g/mol. The topological polar surface area (TPSA) is 40.9 Å². The number of fused-ring (bicyclic) bond motifs is 8. The summed E-state index contributed by atoms with van der Waals surface area (Å²) in [5.41, 5.74) is 1.88. The van der Waals surface area contributed by atoms with Crippen LogP contribution in [0.15, 0.2) is 11.6 Å². The molecule has 0 heterocycles. The van der Waals surface area contributed by atoms with Crippen LogP contribution in [0.1, 0.15) is 58.3 Å². The number of allylic oxidation sites excluding steroid dienone is 1. The van der Waals surface area contributed by atoms with Crippen LogP contribution in [0.25, 0.3) is 0 Å². The van der Waals surface area contributed by atoms with Gasteiger partial charge in [-0.3, -0.25) is 4.79 Å². The number of hydrogen-bond donors (Lipinski definition) is 0. The Kier molecular flexibility index (Phi) is 2.92. The second-order valence-corrected chi connectivity index (χ2v) is 8.99. The Hall–Kier alpha value is -1.10. The molecule has 0 aromatic heterocycles. The van der Waals surface area contributed by atoms with E-state index in [-0.39, 0.29) is 0 Å². The van der Waals surface area contributed by atoms with Crippen LogP contribution in [0.2, 0.25) is 0 Å². The molecule has 23 heavy (non-hydrogen) atoms. The van der Waals surface area contributed by atoms with Gasteiger partial charge in [0.25, 0.3) is 0 Å². The molecule has 0 aromatic rings. The Morgan fingerprint density at radius 3 is 2.87 bits per heavy atom. The van der Waals surface area contributed by atoms with Gasteiger partial charge in [0.2, 0.25) is 0 Å². The van der Waals surface area contributed by atoms with Gasteiger partial charge in [0.15, 0.2) is 5.78 Å². The van der Waals surface area contributed by atoms with Gasteiger partial charge in [-0.25, -0.2) is 0 Å². The highest BCUT2D eigenvalue weighted by atomic mass is 16.1. The summed E-state index contributed by atoms with van der Waals surface area (Å²) < 4.78 is 0. The minimum Gasteiger partial charge on any atom is -0.295 e. The quantitative estimate of drug-likeness (QED) is 0.715. The molecule has 4 fully saturated rings. The molecule has 4 saturated carbocycles. The Morgan fingerprint density at radius 1 is 1.22 bits per heavy atom. The highest BCUT2D eigenvalue weighted by Crippen LogP contribution is 2.71. The maximum atomic E-state index is 11.9. The average Bonchev–Trinajstić information content (AvgIpc) is 3.28. The van der Waals surface area contributed by atoms with Crippen molar-refractivity contribution in [3.05, 3.63) is 11.6 Å². The van der Waals surface area contributed by atoms with Crippen LogP contribution in [0.4, 0.5) is 0 Å². The van der Waals surface area contributed by atoms with E-state index in [0.717, 1.165) is 48.9 Å². The molecule has 0 aliphatic heterocycles. The van der Waals surface area contributed by atoms with Crippen LogP contribution in [0, 0.1) is 58.2 Å². The van der Waals surface area contributed by atoms with Gasteiger partial charge in [0.05, 0.1) is 12.0 Å². The summed E-state index contributed by atoms with van der Waals surface area (Å²) in [5.74, 6) is 5.46. The fourth-order valence-electron chi connectivity index (χ4n) is 7.70. The van der Waals surface area contributed by atoms with E-state index in [9.17, 15) is 10.1 Å². The molecular formula is C21H27NO. The van der Waals surface area contributed by atoms with E-state index >= 15 is 0 Å². The minimum absolute atomic E-state index is 0.306. The van der Waals surface area contributed by atoms with Crippen molar-refractivity contribution in [3.8, 4) is 6.07 Å². The zero-order valence-electron chi connectivity index (χ0n) is 14.1. The molecule has 0 spiro atoms. The molecule has 122 valence electrons. The molecule has 5 aliphatic rings. The molecule has 0 bridgehead atoms. The summed E-state index contributed by atoms with van der Waals surface area (Å²) in [7, 11) is 0. The van der Waals surface area contributed by atoms with Gasteiger partial charge >= 0.3 is 0 Å². The van der Waals surface area contributed by atoms with Crippen LogP contribution in [0.3, 0.4) is 0 Å². The maximum absolute atomic E-state index is 11.9. The third kappa shape index (κ3) is 1.72. The first-order valence-corrected chi connectivity index (χ1v) is 9.83. The second kappa shape index (κ2) is 4.71. The number of carbonyl (C=O) groups is 1. The monoisotopic (exact) mass is 309 g/mol. The van der Waals surface area contributed by atoms with E-state index in [4.69, 9.17) is 0 Å². The lowest BCUT2D eigenvalue weighted by molar-refractivity contribution is -0.116.